The largest absolute Gasteiger partial charge is 0.478 e. The van der Waals surface area contributed by atoms with Gasteiger partial charge in [-0.3, -0.25) is 5.10 Å². The maximum absolute atomic E-state index is 14.7. The van der Waals surface area contributed by atoms with E-state index in [-0.39, 0.29) is 21.9 Å². The van der Waals surface area contributed by atoms with E-state index in [2.05, 4.69) is 16.3 Å². The SMILES string of the molecule is N#Cc1c(C(=C(c2ccc(F)cc2Cl)C2CCC2)c2ccc(C=CC(=O)O)cc2)ccc2[nH]nc(F)c12. The summed E-state index contributed by atoms with van der Waals surface area (Å²) in [6.45, 7) is 0. The minimum absolute atomic E-state index is 0.0941. The van der Waals surface area contributed by atoms with Crippen LogP contribution in [0.2, 0.25) is 5.02 Å². The highest BCUT2D eigenvalue weighted by atomic mass is 35.5. The molecule has 1 heterocycles. The first-order valence-electron chi connectivity index (χ1n) is 11.7. The van der Waals surface area contributed by atoms with Gasteiger partial charge in [-0.1, -0.05) is 54.4 Å². The van der Waals surface area contributed by atoms with E-state index in [1.807, 2.05) is 12.1 Å². The van der Waals surface area contributed by atoms with Crippen molar-refractivity contribution in [3.8, 4) is 6.07 Å². The van der Waals surface area contributed by atoms with Gasteiger partial charge < -0.3 is 5.11 Å². The second-order valence-electron chi connectivity index (χ2n) is 8.87. The van der Waals surface area contributed by atoms with Crippen molar-refractivity contribution in [2.75, 3.05) is 0 Å². The molecule has 0 spiro atoms. The summed E-state index contributed by atoms with van der Waals surface area (Å²) >= 11 is 6.56. The molecule has 1 aromatic heterocycles. The lowest BCUT2D eigenvalue weighted by Crippen LogP contribution is -2.16. The van der Waals surface area contributed by atoms with Crippen molar-refractivity contribution in [2.24, 2.45) is 5.92 Å². The van der Waals surface area contributed by atoms with E-state index in [4.69, 9.17) is 16.7 Å². The van der Waals surface area contributed by atoms with E-state index in [0.29, 0.717) is 27.8 Å². The number of rotatable bonds is 6. The van der Waals surface area contributed by atoms with Gasteiger partial charge in [0.2, 0.25) is 5.95 Å². The molecular formula is C29H20ClF2N3O2. The van der Waals surface area contributed by atoms with Gasteiger partial charge in [-0.25, -0.2) is 9.18 Å². The zero-order valence-electron chi connectivity index (χ0n) is 19.4. The molecule has 8 heteroatoms. The fourth-order valence-corrected chi connectivity index (χ4v) is 5.02. The third-order valence-electron chi connectivity index (χ3n) is 6.69. The zero-order valence-corrected chi connectivity index (χ0v) is 20.2. The lowest BCUT2D eigenvalue weighted by Gasteiger charge is -2.32. The van der Waals surface area contributed by atoms with Gasteiger partial charge in [0.05, 0.1) is 21.5 Å². The number of aromatic amines is 1. The number of H-pyrrole nitrogens is 1. The molecule has 2 N–H and O–H groups in total. The Bertz CT molecular complexity index is 1630. The molecule has 0 unspecified atom stereocenters. The van der Waals surface area contributed by atoms with Crippen LogP contribution in [0.5, 0.6) is 0 Å². The van der Waals surface area contributed by atoms with Gasteiger partial charge in [0.1, 0.15) is 11.9 Å². The van der Waals surface area contributed by atoms with Crippen molar-refractivity contribution in [2.45, 2.75) is 19.3 Å². The minimum Gasteiger partial charge on any atom is -0.478 e. The van der Waals surface area contributed by atoms with Crippen LogP contribution in [0.1, 0.15) is 47.1 Å². The zero-order chi connectivity index (χ0) is 26.1. The third kappa shape index (κ3) is 4.64. The van der Waals surface area contributed by atoms with Crippen LogP contribution < -0.4 is 0 Å². The lowest BCUT2D eigenvalue weighted by atomic mass is 9.72. The molecule has 0 amide bonds. The van der Waals surface area contributed by atoms with Crippen LogP contribution >= 0.6 is 11.6 Å². The maximum Gasteiger partial charge on any atom is 0.328 e. The summed E-state index contributed by atoms with van der Waals surface area (Å²) in [6.07, 6.45) is 5.31. The van der Waals surface area contributed by atoms with Crippen molar-refractivity contribution in [1.82, 2.24) is 10.2 Å². The van der Waals surface area contributed by atoms with Gasteiger partial charge in [-0.05, 0) is 70.9 Å². The first kappa shape index (κ1) is 24.4. The summed E-state index contributed by atoms with van der Waals surface area (Å²) in [6, 6.07) is 17.0. The Kier molecular flexibility index (Phi) is 6.60. The van der Waals surface area contributed by atoms with E-state index < -0.39 is 17.7 Å². The fraction of sp³-hybridized carbons (Fsp3) is 0.138. The molecule has 0 radical (unpaired) electrons. The summed E-state index contributed by atoms with van der Waals surface area (Å²) in [4.78, 5) is 10.9. The van der Waals surface area contributed by atoms with Crippen LogP contribution in [0.4, 0.5) is 8.78 Å². The van der Waals surface area contributed by atoms with Crippen LogP contribution in [0.15, 0.2) is 60.7 Å². The Balaban J connectivity index is 1.84. The topological polar surface area (TPSA) is 89.8 Å². The average molecular weight is 516 g/mol. The first-order valence-corrected chi connectivity index (χ1v) is 12.0. The highest BCUT2D eigenvalue weighted by Crippen LogP contribution is 2.47. The number of nitrogens with one attached hydrogen (secondary N) is 1. The lowest BCUT2D eigenvalue weighted by molar-refractivity contribution is -0.131. The quantitative estimate of drug-likeness (QED) is 0.209. The molecule has 0 bridgehead atoms. The van der Waals surface area contributed by atoms with Crippen LogP contribution in [-0.4, -0.2) is 21.3 Å². The molecule has 3 aromatic carbocycles. The number of nitrogens with zero attached hydrogens (tertiary/aromatic N) is 2. The molecular weight excluding hydrogens is 496 g/mol. The standard InChI is InChI=1S/C29H20ClF2N3O2/c30-23-14-19(31)9-10-21(23)27(17-2-1-3-17)26(18-7-4-16(5-8-18)6-13-25(36)37)20-11-12-24-28(22(20)15-33)29(32)35-34-24/h4-14,17H,1-3H2,(H,34,35)(H,36,37). The molecule has 0 saturated heterocycles. The van der Waals surface area contributed by atoms with Crippen molar-refractivity contribution in [1.29, 1.82) is 5.26 Å². The summed E-state index contributed by atoms with van der Waals surface area (Å²) in [5.74, 6) is -2.19. The first-order chi connectivity index (χ1) is 17.9. The van der Waals surface area contributed by atoms with Crippen molar-refractivity contribution >= 4 is 45.7 Å². The molecule has 37 heavy (non-hydrogen) atoms. The number of carboxylic acids is 1. The number of allylic oxidation sites excluding steroid dienone is 1. The Morgan fingerprint density at radius 2 is 1.84 bits per heavy atom. The third-order valence-corrected chi connectivity index (χ3v) is 7.00. The minimum atomic E-state index is -1.06. The van der Waals surface area contributed by atoms with Crippen molar-refractivity contribution in [3.05, 3.63) is 105 Å². The van der Waals surface area contributed by atoms with Crippen LogP contribution in [0.3, 0.4) is 0 Å². The number of benzene rings is 3. The number of carboxylic acid groups (broad SMARTS) is 1. The number of carbonyl (C=O) groups is 1. The van der Waals surface area contributed by atoms with Gasteiger partial charge in [0, 0.05) is 11.6 Å². The highest BCUT2D eigenvalue weighted by Gasteiger charge is 2.30. The Hall–Kier alpha value is -4.28. The molecule has 1 aliphatic carbocycles. The predicted molar refractivity (Wildman–Crippen MR) is 139 cm³/mol. The molecule has 184 valence electrons. The highest BCUT2D eigenvalue weighted by molar-refractivity contribution is 6.33. The number of hydrogen-bond acceptors (Lipinski definition) is 3. The molecule has 5 rings (SSSR count). The summed E-state index contributed by atoms with van der Waals surface area (Å²) in [7, 11) is 0. The number of aliphatic carboxylic acids is 1. The summed E-state index contributed by atoms with van der Waals surface area (Å²) < 4.78 is 28.7. The molecule has 4 aromatic rings. The Labute approximate surface area is 216 Å². The smallest absolute Gasteiger partial charge is 0.328 e. The number of halogens is 3. The van der Waals surface area contributed by atoms with Crippen LogP contribution in [0.25, 0.3) is 28.1 Å². The molecule has 1 aliphatic rings. The van der Waals surface area contributed by atoms with Gasteiger partial charge in [0.15, 0.2) is 0 Å². The monoisotopic (exact) mass is 515 g/mol. The van der Waals surface area contributed by atoms with E-state index >= 15 is 0 Å². The van der Waals surface area contributed by atoms with E-state index in [0.717, 1.165) is 36.5 Å². The second kappa shape index (κ2) is 10.00. The Morgan fingerprint density at radius 3 is 2.46 bits per heavy atom. The number of hydrogen-bond donors (Lipinski definition) is 2. The van der Waals surface area contributed by atoms with E-state index in [9.17, 15) is 18.8 Å². The van der Waals surface area contributed by atoms with E-state index in [1.54, 1.807) is 30.3 Å². The molecule has 1 saturated carbocycles. The normalized spacial score (nSPS) is 14.4. The molecule has 0 aliphatic heterocycles. The summed E-state index contributed by atoms with van der Waals surface area (Å²) in [5, 5.41) is 25.7. The predicted octanol–water partition coefficient (Wildman–Crippen LogP) is 7.22. The van der Waals surface area contributed by atoms with Crippen molar-refractivity contribution in [3.63, 3.8) is 0 Å². The van der Waals surface area contributed by atoms with Crippen LogP contribution in [0, 0.1) is 29.0 Å². The number of nitriles is 1. The van der Waals surface area contributed by atoms with Gasteiger partial charge in [-0.15, -0.1) is 5.10 Å². The number of aromatic nitrogens is 2. The van der Waals surface area contributed by atoms with E-state index in [1.165, 1.54) is 18.2 Å². The fourth-order valence-electron chi connectivity index (χ4n) is 4.75. The maximum atomic E-state index is 14.7. The number of fused-ring (bicyclic) bond motifs is 1. The second-order valence-corrected chi connectivity index (χ2v) is 9.28. The Morgan fingerprint density at radius 1 is 1.11 bits per heavy atom. The van der Waals surface area contributed by atoms with Crippen molar-refractivity contribution < 1.29 is 18.7 Å². The van der Waals surface area contributed by atoms with Gasteiger partial charge in [-0.2, -0.15) is 9.65 Å². The van der Waals surface area contributed by atoms with Crippen LogP contribution in [-0.2, 0) is 4.79 Å². The van der Waals surface area contributed by atoms with Gasteiger partial charge >= 0.3 is 5.97 Å². The summed E-state index contributed by atoms with van der Waals surface area (Å²) in [5.41, 5.74) is 4.62. The van der Waals surface area contributed by atoms with Gasteiger partial charge in [0.25, 0.3) is 0 Å². The molecule has 0 atom stereocenters. The molecule has 1 fully saturated rings. The molecule has 5 nitrogen and oxygen atoms in total. The average Bonchev–Trinajstić information content (AvgIpc) is 3.23.